The van der Waals surface area contributed by atoms with Crippen molar-refractivity contribution in [3.63, 3.8) is 0 Å². The van der Waals surface area contributed by atoms with Crippen LogP contribution < -0.4 is 0 Å². The normalized spacial score (nSPS) is 13.4. The van der Waals surface area contributed by atoms with Gasteiger partial charge >= 0.3 is 0 Å². The Morgan fingerprint density at radius 2 is 2.29 bits per heavy atom. The van der Waals surface area contributed by atoms with E-state index in [1.54, 1.807) is 0 Å². The van der Waals surface area contributed by atoms with Crippen molar-refractivity contribution >= 4 is 0 Å². The fourth-order valence-electron chi connectivity index (χ4n) is 0.228. The molecule has 0 bridgehead atoms. The molecule has 0 saturated carbocycles. The summed E-state index contributed by atoms with van der Waals surface area (Å²) in [6.45, 7) is 7.13. The Morgan fingerprint density at radius 1 is 1.86 bits per heavy atom. The Labute approximate surface area is 44.7 Å². The standard InChI is InChI=1S/C6H11O/c1-4-5(2)6(3)7/h5H,3-4H2,1-2H3. The zero-order valence-corrected chi connectivity index (χ0v) is 4.90. The van der Waals surface area contributed by atoms with Crippen LogP contribution in [0.4, 0.5) is 0 Å². The molecule has 1 atom stereocenters. The third-order valence-corrected chi connectivity index (χ3v) is 1.16. The van der Waals surface area contributed by atoms with E-state index < -0.39 is 0 Å². The van der Waals surface area contributed by atoms with Gasteiger partial charge in [-0.3, -0.25) is 5.11 Å². The van der Waals surface area contributed by atoms with E-state index in [1.165, 1.54) is 0 Å². The zero-order valence-electron chi connectivity index (χ0n) is 4.90. The summed E-state index contributed by atoms with van der Waals surface area (Å²) in [4.78, 5) is 0. The van der Waals surface area contributed by atoms with Crippen molar-refractivity contribution in [1.29, 1.82) is 0 Å². The van der Waals surface area contributed by atoms with Gasteiger partial charge in [0, 0.05) is 5.92 Å². The van der Waals surface area contributed by atoms with Gasteiger partial charge in [0.25, 0.3) is 0 Å². The molecule has 0 amide bonds. The molecule has 1 heteroatoms. The molecule has 0 fully saturated rings. The minimum absolute atomic E-state index is 0.0440. The Balaban J connectivity index is 3.34. The molecule has 1 radical (unpaired) electrons. The van der Waals surface area contributed by atoms with Gasteiger partial charge in [-0.05, 0) is 6.42 Å². The SMILES string of the molecule is C=C([O])C(C)CC. The summed E-state index contributed by atoms with van der Waals surface area (Å²) in [6.07, 6.45) is 0.905. The average Bonchev–Trinajstić information content (AvgIpc) is 1.65. The average molecular weight is 99.2 g/mol. The zero-order chi connectivity index (χ0) is 5.86. The van der Waals surface area contributed by atoms with Crippen LogP contribution in [0, 0.1) is 5.92 Å². The molecular weight excluding hydrogens is 88.1 g/mol. The van der Waals surface area contributed by atoms with Crippen LogP contribution in [0.1, 0.15) is 20.3 Å². The largest absolute Gasteiger partial charge is 0.295 e. The highest BCUT2D eigenvalue weighted by molar-refractivity contribution is 4.83. The fraction of sp³-hybridized carbons (Fsp3) is 0.667. The van der Waals surface area contributed by atoms with Gasteiger partial charge in [-0.1, -0.05) is 20.4 Å². The Morgan fingerprint density at radius 3 is 2.29 bits per heavy atom. The number of hydrogen-bond acceptors (Lipinski definition) is 0. The minimum Gasteiger partial charge on any atom is -0.295 e. The van der Waals surface area contributed by atoms with Crippen molar-refractivity contribution in [2.45, 2.75) is 20.3 Å². The van der Waals surface area contributed by atoms with E-state index in [4.69, 9.17) is 0 Å². The van der Waals surface area contributed by atoms with Crippen LogP contribution in [0.2, 0.25) is 0 Å². The van der Waals surface area contributed by atoms with E-state index in [0.717, 1.165) is 6.42 Å². The topological polar surface area (TPSA) is 19.9 Å². The molecule has 0 rings (SSSR count). The molecule has 1 nitrogen and oxygen atoms in total. The fourth-order valence-corrected chi connectivity index (χ4v) is 0.228. The second-order valence-electron chi connectivity index (χ2n) is 1.78. The lowest BCUT2D eigenvalue weighted by Gasteiger charge is -1.98. The van der Waals surface area contributed by atoms with Crippen molar-refractivity contribution in [1.82, 2.24) is 0 Å². The number of hydrogen-bond donors (Lipinski definition) is 0. The van der Waals surface area contributed by atoms with E-state index in [-0.39, 0.29) is 11.7 Å². The van der Waals surface area contributed by atoms with Gasteiger partial charge in [-0.15, -0.1) is 0 Å². The Hall–Kier alpha value is -0.460. The minimum atomic E-state index is 0.0440. The number of allylic oxidation sites excluding steroid dienone is 1. The summed E-state index contributed by atoms with van der Waals surface area (Å²) in [5.41, 5.74) is 0. The maximum Gasteiger partial charge on any atom is 0.151 e. The maximum atomic E-state index is 10.3. The quantitative estimate of drug-likeness (QED) is 0.472. The third-order valence-electron chi connectivity index (χ3n) is 1.16. The lowest BCUT2D eigenvalue weighted by Crippen LogP contribution is -1.91. The van der Waals surface area contributed by atoms with Gasteiger partial charge < -0.3 is 0 Å². The molecule has 0 aliphatic rings. The molecule has 1 unspecified atom stereocenters. The second kappa shape index (κ2) is 2.67. The van der Waals surface area contributed by atoms with E-state index in [1.807, 2.05) is 13.8 Å². The highest BCUT2D eigenvalue weighted by Gasteiger charge is 2.00. The van der Waals surface area contributed by atoms with Gasteiger partial charge in [0.15, 0.2) is 5.76 Å². The van der Waals surface area contributed by atoms with Crippen molar-refractivity contribution < 1.29 is 5.11 Å². The molecule has 0 aromatic rings. The van der Waals surface area contributed by atoms with E-state index in [9.17, 15) is 5.11 Å². The van der Waals surface area contributed by atoms with Gasteiger partial charge in [0.05, 0.1) is 0 Å². The summed E-state index contributed by atoms with van der Waals surface area (Å²) in [5.74, 6) is 0.197. The second-order valence-corrected chi connectivity index (χ2v) is 1.78. The molecule has 0 saturated heterocycles. The monoisotopic (exact) mass is 99.1 g/mol. The first-order valence-electron chi connectivity index (χ1n) is 2.54. The highest BCUT2D eigenvalue weighted by atomic mass is 16.3. The van der Waals surface area contributed by atoms with E-state index in [2.05, 4.69) is 6.58 Å². The van der Waals surface area contributed by atoms with Crippen LogP contribution in [-0.2, 0) is 5.11 Å². The molecule has 0 aromatic heterocycles. The van der Waals surface area contributed by atoms with E-state index >= 15 is 0 Å². The van der Waals surface area contributed by atoms with Crippen LogP contribution in [0.25, 0.3) is 0 Å². The molecule has 41 valence electrons. The van der Waals surface area contributed by atoms with Crippen LogP contribution >= 0.6 is 0 Å². The molecular formula is C6H11O. The van der Waals surface area contributed by atoms with Crippen LogP contribution in [0.3, 0.4) is 0 Å². The van der Waals surface area contributed by atoms with Crippen molar-refractivity contribution in [3.8, 4) is 0 Å². The van der Waals surface area contributed by atoms with Crippen molar-refractivity contribution in [2.24, 2.45) is 5.92 Å². The summed E-state index contributed by atoms with van der Waals surface area (Å²) in [7, 11) is 0. The molecule has 0 aliphatic carbocycles. The highest BCUT2D eigenvalue weighted by Crippen LogP contribution is 2.07. The van der Waals surface area contributed by atoms with Crippen LogP contribution in [0.15, 0.2) is 12.3 Å². The smallest absolute Gasteiger partial charge is 0.151 e. The van der Waals surface area contributed by atoms with Crippen molar-refractivity contribution in [2.75, 3.05) is 0 Å². The van der Waals surface area contributed by atoms with Crippen LogP contribution in [-0.4, -0.2) is 0 Å². The summed E-state index contributed by atoms with van der Waals surface area (Å²) in [6, 6.07) is 0. The van der Waals surface area contributed by atoms with Crippen molar-refractivity contribution in [3.05, 3.63) is 12.3 Å². The predicted octanol–water partition coefficient (Wildman–Crippen LogP) is 1.98. The molecule has 0 aromatic carbocycles. The first-order chi connectivity index (χ1) is 3.18. The maximum absolute atomic E-state index is 10.3. The predicted molar refractivity (Wildman–Crippen MR) is 29.3 cm³/mol. The third kappa shape index (κ3) is 2.26. The van der Waals surface area contributed by atoms with Gasteiger partial charge in [0.1, 0.15) is 0 Å². The summed E-state index contributed by atoms with van der Waals surface area (Å²) < 4.78 is 0. The van der Waals surface area contributed by atoms with Gasteiger partial charge in [-0.25, -0.2) is 0 Å². The Kier molecular flexibility index (Phi) is 2.49. The molecule has 0 aliphatic heterocycles. The first kappa shape index (κ1) is 6.54. The van der Waals surface area contributed by atoms with Gasteiger partial charge in [-0.2, -0.15) is 0 Å². The summed E-state index contributed by atoms with van der Waals surface area (Å²) in [5, 5.41) is 10.3. The number of rotatable bonds is 2. The molecule has 7 heavy (non-hydrogen) atoms. The van der Waals surface area contributed by atoms with Crippen LogP contribution in [0.5, 0.6) is 0 Å². The lowest BCUT2D eigenvalue weighted by molar-refractivity contribution is 0.247. The lowest BCUT2D eigenvalue weighted by atomic mass is 10.1. The first-order valence-corrected chi connectivity index (χ1v) is 2.54. The van der Waals surface area contributed by atoms with Gasteiger partial charge in [0.2, 0.25) is 0 Å². The summed E-state index contributed by atoms with van der Waals surface area (Å²) >= 11 is 0. The molecule has 0 heterocycles. The molecule has 0 spiro atoms. The van der Waals surface area contributed by atoms with E-state index in [0.29, 0.717) is 0 Å². The Bertz CT molecular complexity index is 66.6. The molecule has 0 N–H and O–H groups in total.